The Bertz CT molecular complexity index is 728. The topological polar surface area (TPSA) is 57.8 Å². The predicted molar refractivity (Wildman–Crippen MR) is 95.1 cm³/mol. The third-order valence-electron chi connectivity index (χ3n) is 5.63. The Morgan fingerprint density at radius 2 is 2.12 bits per heavy atom. The molecular weight excluding hydrogens is 300 g/mol. The van der Waals surface area contributed by atoms with E-state index < -0.39 is 0 Å². The zero-order valence-electron chi connectivity index (χ0n) is 14.4. The minimum absolute atomic E-state index is 0.570. The first-order chi connectivity index (χ1) is 11.8. The van der Waals surface area contributed by atoms with Crippen LogP contribution in [0.2, 0.25) is 0 Å². The molecule has 0 radical (unpaired) electrons. The van der Waals surface area contributed by atoms with Crippen LogP contribution in [0, 0.1) is 5.41 Å². The summed E-state index contributed by atoms with van der Waals surface area (Å²) in [5, 5.41) is 12.0. The van der Waals surface area contributed by atoms with E-state index in [0.29, 0.717) is 5.41 Å². The smallest absolute Gasteiger partial charge is 0.193 e. The van der Waals surface area contributed by atoms with Crippen molar-refractivity contribution in [1.29, 1.82) is 0 Å². The molecular formula is C18H26N6. The number of hydrogen-bond donors (Lipinski definition) is 1. The first kappa shape index (κ1) is 15.4. The van der Waals surface area contributed by atoms with E-state index in [-0.39, 0.29) is 0 Å². The van der Waals surface area contributed by atoms with Crippen LogP contribution in [0.15, 0.2) is 29.4 Å². The van der Waals surface area contributed by atoms with Crippen molar-refractivity contribution in [1.82, 2.24) is 24.8 Å². The number of nitrogens with zero attached hydrogens (tertiary/aromatic N) is 5. The van der Waals surface area contributed by atoms with Crippen molar-refractivity contribution < 1.29 is 0 Å². The molecule has 24 heavy (non-hydrogen) atoms. The molecule has 4 rings (SSSR count). The van der Waals surface area contributed by atoms with E-state index in [9.17, 15) is 0 Å². The number of guanidine groups is 1. The Labute approximate surface area is 143 Å². The Kier molecular flexibility index (Phi) is 4.12. The molecule has 0 aromatic carbocycles. The molecule has 3 heterocycles. The van der Waals surface area contributed by atoms with E-state index in [1.165, 1.54) is 38.6 Å². The van der Waals surface area contributed by atoms with Crippen molar-refractivity contribution in [3.05, 3.63) is 30.2 Å². The van der Waals surface area contributed by atoms with E-state index >= 15 is 0 Å². The van der Waals surface area contributed by atoms with Crippen LogP contribution in [-0.4, -0.2) is 52.1 Å². The predicted octanol–water partition coefficient (Wildman–Crippen LogP) is 2.11. The van der Waals surface area contributed by atoms with Crippen LogP contribution in [-0.2, 0) is 6.42 Å². The van der Waals surface area contributed by atoms with Crippen LogP contribution >= 0.6 is 0 Å². The van der Waals surface area contributed by atoms with Gasteiger partial charge in [-0.05, 0) is 36.8 Å². The summed E-state index contributed by atoms with van der Waals surface area (Å²) < 4.78 is 2.05. The molecule has 1 N–H and O–H groups in total. The Balaban J connectivity index is 1.34. The largest absolute Gasteiger partial charge is 0.356 e. The average Bonchev–Trinajstić information content (AvgIpc) is 3.34. The normalized spacial score (nSPS) is 20.4. The lowest BCUT2D eigenvalue weighted by molar-refractivity contribution is 0.309. The molecule has 1 saturated carbocycles. The van der Waals surface area contributed by atoms with Crippen LogP contribution in [0.4, 0.5) is 0 Å². The molecule has 128 valence electrons. The zero-order chi connectivity index (χ0) is 16.4. The number of likely N-dealkylation sites (tertiary alicyclic amines) is 1. The Hall–Kier alpha value is -2.11. The second-order valence-electron chi connectivity index (χ2n) is 7.15. The molecule has 2 aromatic heterocycles. The number of hydrogen-bond acceptors (Lipinski definition) is 3. The third-order valence-corrected chi connectivity index (χ3v) is 5.63. The van der Waals surface area contributed by atoms with Crippen molar-refractivity contribution >= 4 is 11.6 Å². The minimum atomic E-state index is 0.570. The highest BCUT2D eigenvalue weighted by molar-refractivity contribution is 5.80. The average molecular weight is 326 g/mol. The van der Waals surface area contributed by atoms with Gasteiger partial charge in [0.1, 0.15) is 5.82 Å². The van der Waals surface area contributed by atoms with Crippen LogP contribution < -0.4 is 5.32 Å². The van der Waals surface area contributed by atoms with Gasteiger partial charge in [-0.25, -0.2) is 0 Å². The fourth-order valence-electron chi connectivity index (χ4n) is 4.33. The number of rotatable bonds is 3. The van der Waals surface area contributed by atoms with E-state index in [2.05, 4.69) is 25.4 Å². The SMILES string of the molecule is CN=C(NCCc1nnc2ccccn12)N1CCC2(CCCC2)C1. The maximum atomic E-state index is 4.49. The lowest BCUT2D eigenvalue weighted by Gasteiger charge is -2.25. The molecule has 0 amide bonds. The van der Waals surface area contributed by atoms with E-state index in [0.717, 1.165) is 36.9 Å². The molecule has 0 atom stereocenters. The van der Waals surface area contributed by atoms with E-state index in [1.807, 2.05) is 35.8 Å². The highest BCUT2D eigenvalue weighted by Crippen LogP contribution is 2.45. The van der Waals surface area contributed by atoms with Crippen LogP contribution in [0.5, 0.6) is 0 Å². The summed E-state index contributed by atoms with van der Waals surface area (Å²) in [4.78, 5) is 6.93. The van der Waals surface area contributed by atoms with Gasteiger partial charge in [0.25, 0.3) is 0 Å². The summed E-state index contributed by atoms with van der Waals surface area (Å²) >= 11 is 0. The second kappa shape index (κ2) is 6.42. The highest BCUT2D eigenvalue weighted by atomic mass is 15.3. The van der Waals surface area contributed by atoms with Crippen molar-refractivity contribution in [2.75, 3.05) is 26.7 Å². The standard InChI is InChI=1S/C18H26N6/c1-19-17(23-13-10-18(14-23)8-3-4-9-18)20-11-7-16-22-21-15-6-2-5-12-24(15)16/h2,5-6,12H,3-4,7-11,13-14H2,1H3,(H,19,20). The number of nitrogens with one attached hydrogen (secondary N) is 1. The van der Waals surface area contributed by atoms with Gasteiger partial charge in [-0.3, -0.25) is 9.39 Å². The molecule has 1 aliphatic heterocycles. The van der Waals surface area contributed by atoms with Gasteiger partial charge >= 0.3 is 0 Å². The van der Waals surface area contributed by atoms with Crippen molar-refractivity contribution in [3.63, 3.8) is 0 Å². The molecule has 6 nitrogen and oxygen atoms in total. The van der Waals surface area contributed by atoms with Crippen molar-refractivity contribution in [2.45, 2.75) is 38.5 Å². The van der Waals surface area contributed by atoms with Gasteiger partial charge in [-0.2, -0.15) is 0 Å². The van der Waals surface area contributed by atoms with Crippen LogP contribution in [0.1, 0.15) is 37.9 Å². The monoisotopic (exact) mass is 326 g/mol. The maximum Gasteiger partial charge on any atom is 0.193 e. The zero-order valence-corrected chi connectivity index (χ0v) is 14.4. The van der Waals surface area contributed by atoms with Gasteiger partial charge in [0.2, 0.25) is 0 Å². The molecule has 1 aliphatic carbocycles. The summed E-state index contributed by atoms with van der Waals surface area (Å²) in [6.07, 6.45) is 9.77. The molecule has 0 bridgehead atoms. The summed E-state index contributed by atoms with van der Waals surface area (Å²) in [7, 11) is 1.88. The van der Waals surface area contributed by atoms with Crippen LogP contribution in [0.25, 0.3) is 5.65 Å². The van der Waals surface area contributed by atoms with Crippen molar-refractivity contribution in [2.24, 2.45) is 10.4 Å². The minimum Gasteiger partial charge on any atom is -0.356 e. The van der Waals surface area contributed by atoms with Gasteiger partial charge in [0, 0.05) is 39.3 Å². The Morgan fingerprint density at radius 3 is 2.96 bits per heavy atom. The summed E-state index contributed by atoms with van der Waals surface area (Å²) in [6, 6.07) is 5.98. The first-order valence-corrected chi connectivity index (χ1v) is 9.04. The molecule has 6 heteroatoms. The van der Waals surface area contributed by atoms with Gasteiger partial charge < -0.3 is 10.2 Å². The quantitative estimate of drug-likeness (QED) is 0.693. The molecule has 2 aliphatic rings. The highest BCUT2D eigenvalue weighted by Gasteiger charge is 2.40. The number of aromatic nitrogens is 3. The molecule has 1 saturated heterocycles. The first-order valence-electron chi connectivity index (χ1n) is 9.04. The lowest BCUT2D eigenvalue weighted by atomic mass is 9.86. The maximum absolute atomic E-state index is 4.49. The molecule has 1 spiro atoms. The van der Waals surface area contributed by atoms with Gasteiger partial charge in [-0.1, -0.05) is 18.9 Å². The number of fused-ring (bicyclic) bond motifs is 1. The fourth-order valence-corrected chi connectivity index (χ4v) is 4.33. The second-order valence-corrected chi connectivity index (χ2v) is 7.15. The van der Waals surface area contributed by atoms with E-state index in [1.54, 1.807) is 0 Å². The van der Waals surface area contributed by atoms with Crippen molar-refractivity contribution in [3.8, 4) is 0 Å². The van der Waals surface area contributed by atoms with Gasteiger partial charge in [0.15, 0.2) is 11.6 Å². The summed E-state index contributed by atoms with van der Waals surface area (Å²) in [5.41, 5.74) is 1.47. The van der Waals surface area contributed by atoms with Gasteiger partial charge in [-0.15, -0.1) is 10.2 Å². The molecule has 2 fully saturated rings. The lowest BCUT2D eigenvalue weighted by Crippen LogP contribution is -2.41. The van der Waals surface area contributed by atoms with E-state index in [4.69, 9.17) is 0 Å². The van der Waals surface area contributed by atoms with Gasteiger partial charge in [0.05, 0.1) is 0 Å². The Morgan fingerprint density at radius 1 is 1.25 bits per heavy atom. The summed E-state index contributed by atoms with van der Waals surface area (Å²) in [5.74, 6) is 2.02. The molecule has 2 aromatic rings. The van der Waals surface area contributed by atoms with Crippen LogP contribution in [0.3, 0.4) is 0 Å². The fraction of sp³-hybridized carbons (Fsp3) is 0.611. The number of pyridine rings is 1. The molecule has 0 unspecified atom stereocenters. The third kappa shape index (κ3) is 2.85. The summed E-state index contributed by atoms with van der Waals surface area (Å²) in [6.45, 7) is 3.12. The number of aliphatic imine (C=N–C) groups is 1.